The molecule has 0 radical (unpaired) electrons. The lowest BCUT2D eigenvalue weighted by Crippen LogP contribution is -2.33. The van der Waals surface area contributed by atoms with E-state index in [1.54, 1.807) is 0 Å². The molecule has 2 rings (SSSR count). The molecule has 0 amide bonds. The molecule has 3 nitrogen and oxygen atoms in total. The quantitative estimate of drug-likeness (QED) is 0.522. The first-order valence-electron chi connectivity index (χ1n) is 3.54. The number of fused-ring (bicyclic) bond motifs is 2. The molecule has 2 heterocycles. The highest BCUT2D eigenvalue weighted by atomic mass is 16.3. The van der Waals surface area contributed by atoms with Crippen LogP contribution in [0.3, 0.4) is 0 Å². The molecule has 9 heavy (non-hydrogen) atoms. The van der Waals surface area contributed by atoms with Crippen molar-refractivity contribution in [3.63, 3.8) is 0 Å². The second-order valence-corrected chi connectivity index (χ2v) is 2.77. The lowest BCUT2D eigenvalue weighted by atomic mass is 10.1. The van der Waals surface area contributed by atoms with E-state index >= 15 is 0 Å². The Balaban J connectivity index is 2.08. The van der Waals surface area contributed by atoms with Crippen molar-refractivity contribution in [2.75, 3.05) is 19.8 Å². The van der Waals surface area contributed by atoms with Crippen LogP contribution in [0.25, 0.3) is 0 Å². The smallest absolute Gasteiger partial charge is 0.109 e. The number of aliphatic hydroxyl groups excluding tert-OH is 1. The van der Waals surface area contributed by atoms with Crippen LogP contribution in [0.15, 0.2) is 0 Å². The van der Waals surface area contributed by atoms with Crippen LogP contribution in [-0.4, -0.2) is 41.0 Å². The van der Waals surface area contributed by atoms with Gasteiger partial charge in [0, 0.05) is 19.1 Å². The molecular weight excluding hydrogens is 116 g/mol. The monoisotopic (exact) mass is 128 g/mol. The van der Waals surface area contributed by atoms with Gasteiger partial charge in [0.2, 0.25) is 0 Å². The summed E-state index contributed by atoms with van der Waals surface area (Å²) >= 11 is 0. The summed E-state index contributed by atoms with van der Waals surface area (Å²) in [6, 6.07) is 0.662. The van der Waals surface area contributed by atoms with Gasteiger partial charge in [-0.2, -0.15) is 0 Å². The standard InChI is InChI=1S/C6H12N2O/c9-5-8-6-1-3-7(8)4-2-6/h6,9H,1-5H2. The first-order chi connectivity index (χ1) is 4.42. The average Bonchev–Trinajstić information content (AvgIpc) is 2.44. The number of nitrogens with zero attached hydrogens (tertiary/aromatic N) is 2. The highest BCUT2D eigenvalue weighted by Gasteiger charge is 2.36. The molecule has 0 saturated carbocycles. The largest absolute Gasteiger partial charge is 0.380 e. The molecule has 2 bridgehead atoms. The minimum absolute atomic E-state index is 0.213. The molecule has 0 atom stereocenters. The second kappa shape index (κ2) is 1.94. The van der Waals surface area contributed by atoms with Gasteiger partial charge in [0.05, 0.1) is 0 Å². The molecule has 0 unspecified atom stereocenters. The predicted molar refractivity (Wildman–Crippen MR) is 33.5 cm³/mol. The minimum atomic E-state index is 0.213. The van der Waals surface area contributed by atoms with Crippen molar-refractivity contribution in [3.05, 3.63) is 0 Å². The lowest BCUT2D eigenvalue weighted by Gasteiger charge is -2.19. The van der Waals surface area contributed by atoms with Crippen LogP contribution in [0, 0.1) is 0 Å². The number of hydrogen-bond acceptors (Lipinski definition) is 3. The maximum Gasteiger partial charge on any atom is 0.109 e. The van der Waals surface area contributed by atoms with Crippen LogP contribution in [-0.2, 0) is 0 Å². The SMILES string of the molecule is OCN1C2CCN1CC2. The highest BCUT2D eigenvalue weighted by molar-refractivity contribution is 4.84. The molecule has 0 aromatic carbocycles. The molecule has 52 valence electrons. The number of hydrogen-bond donors (Lipinski definition) is 1. The Hall–Kier alpha value is -0.120. The molecule has 2 aliphatic rings. The minimum Gasteiger partial charge on any atom is -0.380 e. The maximum atomic E-state index is 8.83. The lowest BCUT2D eigenvalue weighted by molar-refractivity contribution is -0.0246. The Morgan fingerprint density at radius 3 is 2.22 bits per heavy atom. The molecule has 2 saturated heterocycles. The predicted octanol–water partition coefficient (Wildman–Crippen LogP) is -0.369. The average molecular weight is 128 g/mol. The summed E-state index contributed by atoms with van der Waals surface area (Å²) in [7, 11) is 0. The zero-order valence-electron chi connectivity index (χ0n) is 5.45. The molecular formula is C6H12N2O. The van der Waals surface area contributed by atoms with Gasteiger partial charge >= 0.3 is 0 Å². The third-order valence-electron chi connectivity index (χ3n) is 2.37. The van der Waals surface area contributed by atoms with E-state index in [1.807, 2.05) is 0 Å². The van der Waals surface area contributed by atoms with Crippen LogP contribution in [0.4, 0.5) is 0 Å². The fourth-order valence-corrected chi connectivity index (χ4v) is 1.84. The zero-order chi connectivity index (χ0) is 6.27. The van der Waals surface area contributed by atoms with E-state index in [0.717, 1.165) is 13.1 Å². The van der Waals surface area contributed by atoms with Crippen molar-refractivity contribution in [3.8, 4) is 0 Å². The van der Waals surface area contributed by atoms with Gasteiger partial charge < -0.3 is 5.11 Å². The van der Waals surface area contributed by atoms with Gasteiger partial charge in [0.25, 0.3) is 0 Å². The van der Waals surface area contributed by atoms with Crippen LogP contribution < -0.4 is 0 Å². The van der Waals surface area contributed by atoms with Crippen molar-refractivity contribution in [2.24, 2.45) is 0 Å². The third-order valence-corrected chi connectivity index (χ3v) is 2.37. The van der Waals surface area contributed by atoms with E-state index in [0.29, 0.717) is 6.04 Å². The van der Waals surface area contributed by atoms with Gasteiger partial charge in [0.1, 0.15) is 6.73 Å². The normalized spacial score (nSPS) is 42.3. The van der Waals surface area contributed by atoms with E-state index in [9.17, 15) is 0 Å². The highest BCUT2D eigenvalue weighted by Crippen LogP contribution is 2.27. The maximum absolute atomic E-state index is 8.83. The fourth-order valence-electron chi connectivity index (χ4n) is 1.84. The summed E-state index contributed by atoms with van der Waals surface area (Å²) < 4.78 is 0. The van der Waals surface area contributed by atoms with E-state index in [2.05, 4.69) is 10.0 Å². The molecule has 0 aliphatic carbocycles. The van der Waals surface area contributed by atoms with Crippen LogP contribution in [0.1, 0.15) is 12.8 Å². The van der Waals surface area contributed by atoms with Crippen LogP contribution >= 0.6 is 0 Å². The van der Waals surface area contributed by atoms with Gasteiger partial charge in [-0.15, -0.1) is 0 Å². The van der Waals surface area contributed by atoms with Crippen molar-refractivity contribution in [1.29, 1.82) is 0 Å². The number of rotatable bonds is 1. The number of aliphatic hydroxyl groups is 1. The Bertz CT molecular complexity index is 97.6. The van der Waals surface area contributed by atoms with E-state index in [-0.39, 0.29) is 6.73 Å². The Labute approximate surface area is 54.8 Å². The fraction of sp³-hybridized carbons (Fsp3) is 1.00. The molecule has 0 spiro atoms. The van der Waals surface area contributed by atoms with E-state index in [4.69, 9.17) is 5.11 Å². The topological polar surface area (TPSA) is 26.7 Å². The molecule has 2 aliphatic heterocycles. The van der Waals surface area contributed by atoms with Crippen LogP contribution in [0.5, 0.6) is 0 Å². The zero-order valence-corrected chi connectivity index (χ0v) is 5.45. The Morgan fingerprint density at radius 1 is 1.33 bits per heavy atom. The van der Waals surface area contributed by atoms with Gasteiger partial charge in [-0.05, 0) is 12.8 Å². The van der Waals surface area contributed by atoms with Gasteiger partial charge in [-0.1, -0.05) is 0 Å². The van der Waals surface area contributed by atoms with E-state index < -0.39 is 0 Å². The van der Waals surface area contributed by atoms with Gasteiger partial charge in [-0.25, -0.2) is 10.0 Å². The summed E-state index contributed by atoms with van der Waals surface area (Å²) in [5, 5.41) is 13.1. The van der Waals surface area contributed by atoms with Crippen molar-refractivity contribution >= 4 is 0 Å². The Morgan fingerprint density at radius 2 is 2.00 bits per heavy atom. The first kappa shape index (κ1) is 5.65. The summed E-state index contributed by atoms with van der Waals surface area (Å²) in [6.45, 7) is 2.53. The van der Waals surface area contributed by atoms with Crippen molar-refractivity contribution in [2.45, 2.75) is 18.9 Å². The molecule has 1 N–H and O–H groups in total. The molecule has 0 aromatic rings. The second-order valence-electron chi connectivity index (χ2n) is 2.77. The van der Waals surface area contributed by atoms with Gasteiger partial charge in [0.15, 0.2) is 0 Å². The number of piperidine rings is 1. The molecule has 2 fully saturated rings. The third kappa shape index (κ3) is 0.689. The van der Waals surface area contributed by atoms with E-state index in [1.165, 1.54) is 12.8 Å². The molecule has 3 heteroatoms. The Kier molecular flexibility index (Phi) is 1.22. The van der Waals surface area contributed by atoms with Gasteiger partial charge in [-0.3, -0.25) is 0 Å². The first-order valence-corrected chi connectivity index (χ1v) is 3.54. The van der Waals surface area contributed by atoms with Crippen molar-refractivity contribution < 1.29 is 5.11 Å². The summed E-state index contributed by atoms with van der Waals surface area (Å²) in [4.78, 5) is 0. The summed E-state index contributed by atoms with van der Waals surface area (Å²) in [5.41, 5.74) is 0. The van der Waals surface area contributed by atoms with Crippen LogP contribution in [0.2, 0.25) is 0 Å². The summed E-state index contributed by atoms with van der Waals surface area (Å²) in [5.74, 6) is 0. The van der Waals surface area contributed by atoms with Crippen molar-refractivity contribution in [1.82, 2.24) is 10.0 Å². The summed E-state index contributed by atoms with van der Waals surface area (Å²) in [6.07, 6.45) is 2.50. The molecule has 0 aromatic heterocycles. The number of hydrazine groups is 1.